The third-order valence-corrected chi connectivity index (χ3v) is 1.91. The van der Waals surface area contributed by atoms with Gasteiger partial charge in [0, 0.05) is 15.5 Å². The summed E-state index contributed by atoms with van der Waals surface area (Å²) in [4.78, 5) is 24.0. The molecule has 1 aliphatic rings. The van der Waals surface area contributed by atoms with Gasteiger partial charge in [-0.1, -0.05) is 30.3 Å². The Hall–Kier alpha value is -2.24. The van der Waals surface area contributed by atoms with E-state index in [1.807, 2.05) is 0 Å². The zero-order chi connectivity index (χ0) is 10.8. The van der Waals surface area contributed by atoms with E-state index >= 15 is 0 Å². The Morgan fingerprint density at radius 3 is 2.53 bits per heavy atom. The number of nitro groups is 1. The maximum absolute atomic E-state index is 11.3. The van der Waals surface area contributed by atoms with Crippen molar-refractivity contribution in [2.24, 2.45) is 4.99 Å². The summed E-state index contributed by atoms with van der Waals surface area (Å²) in [6, 6.07) is 7.78. The maximum atomic E-state index is 11.3. The summed E-state index contributed by atoms with van der Waals surface area (Å²) in [7, 11) is 0. The molecule has 0 saturated heterocycles. The van der Waals surface area contributed by atoms with Crippen molar-refractivity contribution >= 4 is 11.9 Å². The quantitative estimate of drug-likeness (QED) is 0.505. The van der Waals surface area contributed by atoms with Gasteiger partial charge in [0.25, 0.3) is 0 Å². The largest absolute Gasteiger partial charge is 0.545 e. The Balaban J connectivity index is 2.24. The summed E-state index contributed by atoms with van der Waals surface area (Å²) >= 11 is 0. The maximum Gasteiger partial charge on any atom is 0.545 e. The molecule has 1 aromatic rings. The number of aliphatic imine (C=N–C) groups is 1. The molecule has 1 atom stereocenters. The molecule has 1 aromatic carbocycles. The molecule has 0 radical (unpaired) electrons. The van der Waals surface area contributed by atoms with Gasteiger partial charge in [0.15, 0.2) is 0 Å². The molecular formula is C9H6N2O4. The molecule has 0 bridgehead atoms. The molecule has 0 saturated carbocycles. The highest BCUT2D eigenvalue weighted by atomic mass is 16.7. The molecule has 6 nitrogen and oxygen atoms in total. The molecular weight excluding hydrogens is 200 g/mol. The fourth-order valence-corrected chi connectivity index (χ4v) is 1.26. The molecule has 1 aliphatic heterocycles. The minimum atomic E-state index is -0.980. The first kappa shape index (κ1) is 9.32. The molecule has 15 heavy (non-hydrogen) atoms. The van der Waals surface area contributed by atoms with Crippen LogP contribution in [0.5, 0.6) is 0 Å². The van der Waals surface area contributed by atoms with Gasteiger partial charge < -0.3 is 14.9 Å². The van der Waals surface area contributed by atoms with Gasteiger partial charge in [-0.25, -0.2) is 4.79 Å². The molecule has 0 fully saturated rings. The Morgan fingerprint density at radius 1 is 1.33 bits per heavy atom. The third kappa shape index (κ3) is 1.69. The number of amides is 1. The first-order valence-corrected chi connectivity index (χ1v) is 4.17. The second kappa shape index (κ2) is 3.49. The number of benzene rings is 1. The lowest BCUT2D eigenvalue weighted by molar-refractivity contribution is -0.374. The summed E-state index contributed by atoms with van der Waals surface area (Å²) in [6.45, 7) is 0. The molecule has 1 unspecified atom stereocenters. The molecule has 0 N–H and O–H groups in total. The number of nitrogens with zero attached hydrogens (tertiary/aromatic N) is 2. The van der Waals surface area contributed by atoms with Crippen molar-refractivity contribution in [2.45, 2.75) is 6.10 Å². The van der Waals surface area contributed by atoms with Crippen LogP contribution in [0, 0.1) is 10.1 Å². The van der Waals surface area contributed by atoms with Crippen molar-refractivity contribution in [3.8, 4) is 0 Å². The lowest BCUT2D eigenvalue weighted by atomic mass is 10.1. The van der Waals surface area contributed by atoms with Crippen LogP contribution in [0.25, 0.3) is 0 Å². The molecule has 1 amide bonds. The number of ether oxygens (including phenoxy) is 1. The predicted octanol–water partition coefficient (Wildman–Crippen LogP) is 0.917. The average molecular weight is 206 g/mol. The fourth-order valence-electron chi connectivity index (χ4n) is 1.26. The number of hydrogen-bond donors (Lipinski definition) is 0. The smallest absolute Gasteiger partial charge is 0.404 e. The Kier molecular flexibility index (Phi) is 2.17. The van der Waals surface area contributed by atoms with Crippen molar-refractivity contribution in [3.63, 3.8) is 0 Å². The average Bonchev–Trinajstić information content (AvgIpc) is 2.62. The van der Waals surface area contributed by atoms with E-state index in [1.165, 1.54) is 0 Å². The minimum absolute atomic E-state index is 0.558. The Labute approximate surface area is 84.3 Å². The second-order valence-corrected chi connectivity index (χ2v) is 2.90. The van der Waals surface area contributed by atoms with Crippen LogP contribution >= 0.6 is 0 Å². The first-order chi connectivity index (χ1) is 7.18. The van der Waals surface area contributed by atoms with Crippen LogP contribution in [0.4, 0.5) is 0 Å². The van der Waals surface area contributed by atoms with Gasteiger partial charge in [0.05, 0.1) is 0 Å². The van der Waals surface area contributed by atoms with E-state index in [0.29, 0.717) is 5.56 Å². The first-order valence-electron chi connectivity index (χ1n) is 4.17. The van der Waals surface area contributed by atoms with Gasteiger partial charge in [-0.05, 0) is 0 Å². The van der Waals surface area contributed by atoms with Crippen molar-refractivity contribution < 1.29 is 14.5 Å². The van der Waals surface area contributed by atoms with E-state index in [-0.39, 0.29) is 0 Å². The monoisotopic (exact) mass is 206 g/mol. The zero-order valence-corrected chi connectivity index (χ0v) is 7.49. The summed E-state index contributed by atoms with van der Waals surface area (Å²) in [5.41, 5.74) is 0.558. The zero-order valence-electron chi connectivity index (χ0n) is 7.49. The molecule has 0 spiro atoms. The van der Waals surface area contributed by atoms with E-state index in [0.717, 1.165) is 0 Å². The highest BCUT2D eigenvalue weighted by Gasteiger charge is 2.40. The van der Waals surface area contributed by atoms with Crippen molar-refractivity contribution in [2.75, 3.05) is 0 Å². The highest BCUT2D eigenvalue weighted by molar-refractivity contribution is 5.96. The number of hydrogen-bond acceptors (Lipinski definition) is 4. The van der Waals surface area contributed by atoms with Gasteiger partial charge in [-0.3, -0.25) is 0 Å². The molecule has 1 heterocycles. The van der Waals surface area contributed by atoms with E-state index in [4.69, 9.17) is 4.74 Å². The highest BCUT2D eigenvalue weighted by Crippen LogP contribution is 2.23. The van der Waals surface area contributed by atoms with Crippen LogP contribution in [0.2, 0.25) is 0 Å². The molecule has 2 rings (SSSR count). The SMILES string of the molecule is O=C1N=C([N+](=O)[O-])OC1c1ccccc1. The molecule has 6 heteroatoms. The van der Waals surface area contributed by atoms with Crippen LogP contribution in [0.3, 0.4) is 0 Å². The van der Waals surface area contributed by atoms with E-state index in [1.54, 1.807) is 30.3 Å². The molecule has 0 aromatic heterocycles. The predicted molar refractivity (Wildman–Crippen MR) is 49.7 cm³/mol. The van der Waals surface area contributed by atoms with Crippen molar-refractivity contribution in [3.05, 3.63) is 46.0 Å². The summed E-state index contributed by atoms with van der Waals surface area (Å²) < 4.78 is 4.82. The van der Waals surface area contributed by atoms with Crippen LogP contribution < -0.4 is 0 Å². The lowest BCUT2D eigenvalue weighted by Crippen LogP contribution is -2.14. The number of carbonyl (C=O) groups is 1. The topological polar surface area (TPSA) is 81.8 Å². The minimum Gasteiger partial charge on any atom is -0.404 e. The van der Waals surface area contributed by atoms with Gasteiger partial charge in [0.2, 0.25) is 6.10 Å². The van der Waals surface area contributed by atoms with Gasteiger partial charge in [-0.2, -0.15) is 0 Å². The third-order valence-electron chi connectivity index (χ3n) is 1.91. The van der Waals surface area contributed by atoms with Crippen molar-refractivity contribution in [1.82, 2.24) is 0 Å². The Morgan fingerprint density at radius 2 is 2.00 bits per heavy atom. The van der Waals surface area contributed by atoms with E-state index in [2.05, 4.69) is 4.99 Å². The molecule has 76 valence electrons. The molecule has 0 aliphatic carbocycles. The number of amidine groups is 1. The number of rotatable bonds is 1. The van der Waals surface area contributed by atoms with E-state index in [9.17, 15) is 14.9 Å². The summed E-state index contributed by atoms with van der Waals surface area (Å²) in [5, 5.41) is 10.3. The van der Waals surface area contributed by atoms with Crippen molar-refractivity contribution in [1.29, 1.82) is 0 Å². The van der Waals surface area contributed by atoms with Crippen LogP contribution in [0.1, 0.15) is 11.7 Å². The normalized spacial score (nSPS) is 19.6. The second-order valence-electron chi connectivity index (χ2n) is 2.90. The summed E-state index contributed by atoms with van der Waals surface area (Å²) in [5.74, 6) is -0.645. The van der Waals surface area contributed by atoms with Crippen LogP contribution in [-0.4, -0.2) is 16.9 Å². The number of carbonyl (C=O) groups excluding carboxylic acids is 1. The van der Waals surface area contributed by atoms with E-state index < -0.39 is 23.0 Å². The Bertz CT molecular complexity index is 441. The summed E-state index contributed by atoms with van der Waals surface area (Å²) in [6.07, 6.45) is -0.980. The van der Waals surface area contributed by atoms with Crippen LogP contribution in [-0.2, 0) is 9.53 Å². The fraction of sp³-hybridized carbons (Fsp3) is 0.111. The van der Waals surface area contributed by atoms with Gasteiger partial charge >= 0.3 is 11.9 Å². The van der Waals surface area contributed by atoms with Crippen LogP contribution in [0.15, 0.2) is 35.3 Å². The van der Waals surface area contributed by atoms with Gasteiger partial charge in [0.1, 0.15) is 0 Å². The van der Waals surface area contributed by atoms with Gasteiger partial charge in [-0.15, -0.1) is 0 Å². The standard InChI is InChI=1S/C9H6N2O4/c12-8-7(6-4-2-1-3-5-6)15-9(10-8)11(13)14/h1-5,7H. The lowest BCUT2D eigenvalue weighted by Gasteiger charge is -2.04.